The molecule has 1 rings (SSSR count). The van der Waals surface area contributed by atoms with Crippen LogP contribution in [0.1, 0.15) is 12.8 Å². The summed E-state index contributed by atoms with van der Waals surface area (Å²) in [4.78, 5) is 0. The molecule has 1 fully saturated rings. The minimum atomic E-state index is -1.95. The maximum absolute atomic E-state index is 9.44. The lowest BCUT2D eigenvalue weighted by Gasteiger charge is -2.38. The van der Waals surface area contributed by atoms with E-state index in [2.05, 4.69) is 4.74 Å². The lowest BCUT2D eigenvalue weighted by atomic mass is 10.0. The van der Waals surface area contributed by atoms with Gasteiger partial charge in [-0.05, 0) is 12.8 Å². The number of hydrogen-bond acceptors (Lipinski definition) is 5. The number of aliphatic hydroxyl groups excluding tert-OH is 2. The van der Waals surface area contributed by atoms with Crippen LogP contribution in [0.2, 0.25) is 0 Å². The molecule has 1 aliphatic heterocycles. The zero-order valence-corrected chi connectivity index (χ0v) is 6.93. The van der Waals surface area contributed by atoms with E-state index in [4.69, 9.17) is 9.84 Å². The Bertz CT molecular complexity index is 151. The van der Waals surface area contributed by atoms with E-state index in [1.54, 1.807) is 0 Å². The van der Waals surface area contributed by atoms with Crippen molar-refractivity contribution < 1.29 is 24.8 Å². The summed E-state index contributed by atoms with van der Waals surface area (Å²) in [6.45, 7) is -0.182. The van der Waals surface area contributed by atoms with Gasteiger partial charge in [-0.2, -0.15) is 0 Å². The molecule has 0 aromatic heterocycles. The second kappa shape index (κ2) is 3.68. The summed E-state index contributed by atoms with van der Waals surface area (Å²) in [5.74, 6) is -1.95. The maximum Gasteiger partial charge on any atom is 0.308 e. The Hall–Kier alpha value is -0.200. The molecule has 0 aromatic rings. The van der Waals surface area contributed by atoms with Gasteiger partial charge in [0.15, 0.2) is 0 Å². The molecule has 72 valence electrons. The van der Waals surface area contributed by atoms with Crippen LogP contribution < -0.4 is 0 Å². The average Bonchev–Trinajstić information content (AvgIpc) is 2.10. The van der Waals surface area contributed by atoms with E-state index < -0.39 is 18.2 Å². The molecule has 0 radical (unpaired) electrons. The first-order chi connectivity index (χ1) is 5.62. The summed E-state index contributed by atoms with van der Waals surface area (Å²) in [5.41, 5.74) is 0. The van der Waals surface area contributed by atoms with E-state index in [9.17, 15) is 10.2 Å². The van der Waals surface area contributed by atoms with Gasteiger partial charge in [-0.1, -0.05) is 0 Å². The van der Waals surface area contributed by atoms with Crippen molar-refractivity contribution >= 4 is 0 Å². The standard InChI is InChI=1S/C7H14O5/c1-11-7(10)6(9)3-2-5(4-8)12-7/h5-6,8-10H,2-4H2,1H3. The number of ether oxygens (including phenoxy) is 2. The van der Waals surface area contributed by atoms with Crippen molar-refractivity contribution in [2.24, 2.45) is 0 Å². The van der Waals surface area contributed by atoms with Gasteiger partial charge in [0.2, 0.25) is 0 Å². The Morgan fingerprint density at radius 1 is 1.58 bits per heavy atom. The first-order valence-corrected chi connectivity index (χ1v) is 3.86. The minimum absolute atomic E-state index is 0.182. The summed E-state index contributed by atoms with van der Waals surface area (Å²) in [6, 6.07) is 0. The highest BCUT2D eigenvalue weighted by Crippen LogP contribution is 2.27. The first-order valence-electron chi connectivity index (χ1n) is 3.86. The maximum atomic E-state index is 9.44. The topological polar surface area (TPSA) is 79.2 Å². The SMILES string of the molecule is COC1(O)OC(CO)CCC1O. The molecule has 1 aliphatic rings. The molecule has 0 spiro atoms. The third-order valence-corrected chi connectivity index (χ3v) is 2.01. The third-order valence-electron chi connectivity index (χ3n) is 2.01. The molecular formula is C7H14O5. The van der Waals surface area contributed by atoms with E-state index >= 15 is 0 Å². The van der Waals surface area contributed by atoms with Crippen LogP contribution >= 0.6 is 0 Å². The minimum Gasteiger partial charge on any atom is -0.394 e. The molecule has 0 aliphatic carbocycles. The molecule has 1 heterocycles. The number of aliphatic hydroxyl groups is 3. The van der Waals surface area contributed by atoms with Crippen LogP contribution in [-0.4, -0.2) is 47.2 Å². The van der Waals surface area contributed by atoms with Gasteiger partial charge in [0.25, 0.3) is 0 Å². The molecule has 3 N–H and O–H groups in total. The molecule has 0 aromatic carbocycles. The normalized spacial score (nSPS) is 43.0. The molecule has 12 heavy (non-hydrogen) atoms. The first kappa shape index (κ1) is 9.88. The van der Waals surface area contributed by atoms with Gasteiger partial charge in [-0.15, -0.1) is 0 Å². The molecule has 3 atom stereocenters. The fraction of sp³-hybridized carbons (Fsp3) is 1.00. The van der Waals surface area contributed by atoms with Gasteiger partial charge < -0.3 is 24.8 Å². The van der Waals surface area contributed by atoms with Gasteiger partial charge in [0.05, 0.1) is 12.7 Å². The lowest BCUT2D eigenvalue weighted by molar-refractivity contribution is -0.416. The van der Waals surface area contributed by atoms with E-state index in [1.807, 2.05) is 0 Å². The Labute approximate surface area is 70.5 Å². The number of methoxy groups -OCH3 is 1. The van der Waals surface area contributed by atoms with Crippen LogP contribution in [0.4, 0.5) is 0 Å². The Kier molecular flexibility index (Phi) is 3.03. The summed E-state index contributed by atoms with van der Waals surface area (Å²) in [7, 11) is 1.24. The van der Waals surface area contributed by atoms with Crippen molar-refractivity contribution in [1.29, 1.82) is 0 Å². The van der Waals surface area contributed by atoms with Crippen LogP contribution in [0, 0.1) is 0 Å². The monoisotopic (exact) mass is 178 g/mol. The Balaban J connectivity index is 2.58. The van der Waals surface area contributed by atoms with Crippen LogP contribution in [0.3, 0.4) is 0 Å². The van der Waals surface area contributed by atoms with Crippen molar-refractivity contribution in [3.63, 3.8) is 0 Å². The Morgan fingerprint density at radius 2 is 2.25 bits per heavy atom. The summed E-state index contributed by atoms with van der Waals surface area (Å²) in [5, 5.41) is 27.4. The predicted octanol–water partition coefficient (Wildman–Crippen LogP) is -1.19. The van der Waals surface area contributed by atoms with E-state index in [0.717, 1.165) is 0 Å². The van der Waals surface area contributed by atoms with Gasteiger partial charge in [-0.3, -0.25) is 0 Å². The van der Waals surface area contributed by atoms with Crippen LogP contribution in [0.15, 0.2) is 0 Å². The third kappa shape index (κ3) is 1.75. The van der Waals surface area contributed by atoms with Gasteiger partial charge >= 0.3 is 5.97 Å². The highest BCUT2D eigenvalue weighted by atomic mass is 16.8. The van der Waals surface area contributed by atoms with E-state index in [0.29, 0.717) is 12.8 Å². The highest BCUT2D eigenvalue weighted by molar-refractivity contribution is 4.77. The molecular weight excluding hydrogens is 164 g/mol. The molecule has 3 unspecified atom stereocenters. The number of hydrogen-bond donors (Lipinski definition) is 3. The summed E-state index contributed by atoms with van der Waals surface area (Å²) < 4.78 is 9.51. The zero-order chi connectivity index (χ0) is 9.19. The molecule has 1 saturated heterocycles. The van der Waals surface area contributed by atoms with Crippen LogP contribution in [-0.2, 0) is 9.47 Å². The lowest BCUT2D eigenvalue weighted by Crippen LogP contribution is -2.53. The van der Waals surface area contributed by atoms with E-state index in [1.165, 1.54) is 7.11 Å². The van der Waals surface area contributed by atoms with Crippen molar-refractivity contribution in [1.82, 2.24) is 0 Å². The van der Waals surface area contributed by atoms with Gasteiger partial charge in [0.1, 0.15) is 6.10 Å². The van der Waals surface area contributed by atoms with Gasteiger partial charge in [0, 0.05) is 7.11 Å². The fourth-order valence-corrected chi connectivity index (χ4v) is 1.22. The van der Waals surface area contributed by atoms with Crippen LogP contribution in [0.5, 0.6) is 0 Å². The smallest absolute Gasteiger partial charge is 0.308 e. The van der Waals surface area contributed by atoms with Crippen LogP contribution in [0.25, 0.3) is 0 Å². The summed E-state index contributed by atoms with van der Waals surface area (Å²) in [6.07, 6.45) is -0.637. The summed E-state index contributed by atoms with van der Waals surface area (Å²) >= 11 is 0. The molecule has 5 heteroatoms. The van der Waals surface area contributed by atoms with E-state index in [-0.39, 0.29) is 6.61 Å². The van der Waals surface area contributed by atoms with Gasteiger partial charge in [-0.25, -0.2) is 0 Å². The number of rotatable bonds is 2. The van der Waals surface area contributed by atoms with Crippen molar-refractivity contribution in [2.75, 3.05) is 13.7 Å². The molecule has 0 amide bonds. The second-order valence-electron chi connectivity index (χ2n) is 2.85. The van der Waals surface area contributed by atoms with Crippen molar-refractivity contribution in [3.8, 4) is 0 Å². The molecule has 5 nitrogen and oxygen atoms in total. The fourth-order valence-electron chi connectivity index (χ4n) is 1.22. The second-order valence-corrected chi connectivity index (χ2v) is 2.85. The molecule has 0 bridgehead atoms. The zero-order valence-electron chi connectivity index (χ0n) is 6.93. The Morgan fingerprint density at radius 3 is 2.75 bits per heavy atom. The molecule has 0 saturated carbocycles. The average molecular weight is 178 g/mol. The largest absolute Gasteiger partial charge is 0.394 e. The van der Waals surface area contributed by atoms with Crippen molar-refractivity contribution in [2.45, 2.75) is 31.0 Å². The van der Waals surface area contributed by atoms with Crippen molar-refractivity contribution in [3.05, 3.63) is 0 Å². The highest BCUT2D eigenvalue weighted by Gasteiger charge is 2.43. The quantitative estimate of drug-likeness (QED) is 0.463. The predicted molar refractivity (Wildman–Crippen MR) is 39.2 cm³/mol.